The average molecular weight is 508 g/mol. The summed E-state index contributed by atoms with van der Waals surface area (Å²) in [5, 5.41) is 7.26. The van der Waals surface area contributed by atoms with Gasteiger partial charge in [0.25, 0.3) is 11.5 Å². The van der Waals surface area contributed by atoms with Crippen LogP contribution in [0.3, 0.4) is 0 Å². The molecule has 2 bridgehead atoms. The zero-order valence-corrected chi connectivity index (χ0v) is 20.3. The lowest BCUT2D eigenvalue weighted by molar-refractivity contribution is 0.0741. The molecule has 186 valence electrons. The quantitative estimate of drug-likeness (QED) is 0.558. The smallest absolute Gasteiger partial charge is 0.322 e. The molecular weight excluding hydrogens is 482 g/mol. The number of aromatic nitrogens is 5. The predicted octanol–water partition coefficient (Wildman–Crippen LogP) is 1.10. The highest BCUT2D eigenvalue weighted by Crippen LogP contribution is 2.35. The third-order valence-corrected chi connectivity index (χ3v) is 7.72. The third-order valence-electron chi connectivity index (χ3n) is 7.08. The summed E-state index contributed by atoms with van der Waals surface area (Å²) in [5.74, 6) is 0.721. The fourth-order valence-corrected chi connectivity index (χ4v) is 5.92. The molecule has 3 amide bonds. The normalized spacial score (nSPS) is 21.2. The Balaban J connectivity index is 1.10. The molecule has 3 aromatic heterocycles. The maximum Gasteiger partial charge on any atom is 0.322 e. The van der Waals surface area contributed by atoms with Gasteiger partial charge in [0.2, 0.25) is 5.95 Å². The van der Waals surface area contributed by atoms with Crippen molar-refractivity contribution in [2.24, 2.45) is 5.92 Å². The molecule has 13 heteroatoms. The van der Waals surface area contributed by atoms with Crippen LogP contribution >= 0.6 is 11.5 Å². The van der Waals surface area contributed by atoms with Crippen LogP contribution < -0.4 is 15.8 Å². The van der Waals surface area contributed by atoms with Gasteiger partial charge in [0.15, 0.2) is 10.7 Å². The van der Waals surface area contributed by atoms with E-state index in [1.54, 1.807) is 40.4 Å². The van der Waals surface area contributed by atoms with E-state index in [1.165, 1.54) is 0 Å². The van der Waals surface area contributed by atoms with E-state index < -0.39 is 0 Å². The van der Waals surface area contributed by atoms with Crippen LogP contribution in [0.15, 0.2) is 41.5 Å². The highest BCUT2D eigenvalue weighted by atomic mass is 32.1. The molecule has 2 saturated heterocycles. The molecule has 0 aromatic carbocycles. The number of carbonyl (C=O) groups is 2. The van der Waals surface area contributed by atoms with Crippen LogP contribution in [0.25, 0.3) is 0 Å². The van der Waals surface area contributed by atoms with Gasteiger partial charge in [-0.05, 0) is 24.5 Å². The van der Waals surface area contributed by atoms with Crippen LogP contribution in [0.4, 0.5) is 15.7 Å². The Morgan fingerprint density at radius 1 is 0.972 bits per heavy atom. The molecule has 3 aromatic rings. The summed E-state index contributed by atoms with van der Waals surface area (Å²) >= 11 is 1.00. The van der Waals surface area contributed by atoms with Gasteiger partial charge in [0.05, 0.1) is 0 Å². The summed E-state index contributed by atoms with van der Waals surface area (Å²) in [4.78, 5) is 52.7. The van der Waals surface area contributed by atoms with Crippen molar-refractivity contribution >= 4 is 34.4 Å². The lowest BCUT2D eigenvalue weighted by Crippen LogP contribution is -2.50. The first-order chi connectivity index (χ1) is 17.6. The fraction of sp³-hybridized carbons (Fsp3) is 0.435. The SMILES string of the molecule is O=C(Nc1snnc1C(=O)N1CCN(c2ncccn2)CC1)N1C[C@H]2C[C@H](C1)c1cccc(=O)n1C2. The summed E-state index contributed by atoms with van der Waals surface area (Å²) in [6, 6.07) is 6.82. The number of amides is 3. The number of anilines is 2. The van der Waals surface area contributed by atoms with Gasteiger partial charge in [-0.1, -0.05) is 10.6 Å². The summed E-state index contributed by atoms with van der Waals surface area (Å²) < 4.78 is 5.77. The number of rotatable bonds is 3. The number of pyridine rings is 1. The molecule has 0 radical (unpaired) electrons. The van der Waals surface area contributed by atoms with Crippen molar-refractivity contribution in [2.45, 2.75) is 18.9 Å². The molecule has 6 heterocycles. The number of nitrogens with zero attached hydrogens (tertiary/aromatic N) is 8. The zero-order valence-electron chi connectivity index (χ0n) is 19.5. The minimum atomic E-state index is -0.275. The van der Waals surface area contributed by atoms with E-state index in [2.05, 4.69) is 24.9 Å². The molecule has 6 rings (SSSR count). The number of fused-ring (bicyclic) bond motifs is 4. The standard InChI is InChI=1S/C23H25N9O3S/c33-18-4-1-3-17-16-11-15(13-32(17)18)12-31(14-16)23(35)26-20-19(27-28-36-20)21(34)29-7-9-30(10-8-29)22-24-5-2-6-25-22/h1-6,15-16H,7-14H2,(H,26,35)/t15-,16-/m1/s1. The Kier molecular flexibility index (Phi) is 5.83. The van der Waals surface area contributed by atoms with E-state index in [4.69, 9.17) is 0 Å². The molecule has 36 heavy (non-hydrogen) atoms. The van der Waals surface area contributed by atoms with Crippen molar-refractivity contribution in [3.63, 3.8) is 0 Å². The van der Waals surface area contributed by atoms with Crippen LogP contribution in [0, 0.1) is 5.92 Å². The van der Waals surface area contributed by atoms with Crippen LogP contribution in [-0.2, 0) is 6.54 Å². The monoisotopic (exact) mass is 507 g/mol. The van der Waals surface area contributed by atoms with E-state index in [9.17, 15) is 14.4 Å². The number of piperidine rings is 1. The fourth-order valence-electron chi connectivity index (χ4n) is 5.36. The third kappa shape index (κ3) is 4.19. The first kappa shape index (κ1) is 22.6. The average Bonchev–Trinajstić information content (AvgIpc) is 3.37. The summed E-state index contributed by atoms with van der Waals surface area (Å²) in [6.45, 7) is 3.90. The second-order valence-corrected chi connectivity index (χ2v) is 10.1. The lowest BCUT2D eigenvalue weighted by Gasteiger charge is -2.42. The highest BCUT2D eigenvalue weighted by molar-refractivity contribution is 7.10. The summed E-state index contributed by atoms with van der Waals surface area (Å²) in [7, 11) is 0. The molecule has 0 spiro atoms. The van der Waals surface area contributed by atoms with Gasteiger partial charge in [-0.3, -0.25) is 14.9 Å². The first-order valence-corrected chi connectivity index (χ1v) is 12.7. The minimum Gasteiger partial charge on any atom is -0.337 e. The maximum absolute atomic E-state index is 13.2. The van der Waals surface area contributed by atoms with Crippen LogP contribution in [0.1, 0.15) is 28.5 Å². The van der Waals surface area contributed by atoms with Crippen molar-refractivity contribution in [1.29, 1.82) is 0 Å². The molecule has 0 saturated carbocycles. The maximum atomic E-state index is 13.2. The number of carbonyl (C=O) groups excluding carboxylic acids is 2. The van der Waals surface area contributed by atoms with Crippen molar-refractivity contribution in [3.05, 3.63) is 58.4 Å². The number of likely N-dealkylation sites (tertiary alicyclic amines) is 1. The van der Waals surface area contributed by atoms with E-state index in [0.29, 0.717) is 56.8 Å². The largest absolute Gasteiger partial charge is 0.337 e. The molecule has 2 fully saturated rings. The van der Waals surface area contributed by atoms with Crippen molar-refractivity contribution in [3.8, 4) is 0 Å². The summed E-state index contributed by atoms with van der Waals surface area (Å²) in [5.41, 5.74) is 1.15. The van der Waals surface area contributed by atoms with E-state index in [0.717, 1.165) is 23.6 Å². The van der Waals surface area contributed by atoms with Crippen molar-refractivity contribution < 1.29 is 9.59 Å². The number of nitrogens with one attached hydrogen (secondary N) is 1. The Morgan fingerprint density at radius 2 is 1.78 bits per heavy atom. The predicted molar refractivity (Wildman–Crippen MR) is 132 cm³/mol. The van der Waals surface area contributed by atoms with Gasteiger partial charge < -0.3 is 19.3 Å². The summed E-state index contributed by atoms with van der Waals surface area (Å²) in [6.07, 6.45) is 4.35. The number of urea groups is 1. The van der Waals surface area contributed by atoms with Crippen LogP contribution in [0.2, 0.25) is 0 Å². The van der Waals surface area contributed by atoms with Gasteiger partial charge in [0.1, 0.15) is 0 Å². The molecule has 3 aliphatic rings. The van der Waals surface area contributed by atoms with Crippen molar-refractivity contribution in [1.82, 2.24) is 33.9 Å². The number of hydrogen-bond donors (Lipinski definition) is 1. The topological polar surface area (TPSA) is 129 Å². The molecule has 1 N–H and O–H groups in total. The second kappa shape index (κ2) is 9.30. The van der Waals surface area contributed by atoms with Gasteiger partial charge in [-0.15, -0.1) is 5.10 Å². The van der Waals surface area contributed by atoms with Gasteiger partial charge in [-0.2, -0.15) is 0 Å². The number of hydrogen-bond acceptors (Lipinski definition) is 9. The van der Waals surface area contributed by atoms with Crippen LogP contribution in [0.5, 0.6) is 0 Å². The van der Waals surface area contributed by atoms with Gasteiger partial charge in [0, 0.05) is 87.4 Å². The molecule has 0 unspecified atom stereocenters. The van der Waals surface area contributed by atoms with E-state index in [1.807, 2.05) is 15.5 Å². The minimum absolute atomic E-state index is 0.0103. The van der Waals surface area contributed by atoms with E-state index >= 15 is 0 Å². The molecular formula is C23H25N9O3S. The lowest BCUT2D eigenvalue weighted by atomic mass is 9.83. The Morgan fingerprint density at radius 3 is 2.58 bits per heavy atom. The van der Waals surface area contributed by atoms with Gasteiger partial charge in [-0.25, -0.2) is 14.8 Å². The molecule has 12 nitrogen and oxygen atoms in total. The molecule has 3 aliphatic heterocycles. The Bertz CT molecular complexity index is 1340. The molecule has 0 aliphatic carbocycles. The second-order valence-electron chi connectivity index (χ2n) is 9.31. The highest BCUT2D eigenvalue weighted by Gasteiger charge is 2.37. The van der Waals surface area contributed by atoms with Gasteiger partial charge >= 0.3 is 6.03 Å². The van der Waals surface area contributed by atoms with Crippen LogP contribution in [-0.4, -0.2) is 85.1 Å². The Labute approximate surface area is 210 Å². The number of piperazine rings is 1. The van der Waals surface area contributed by atoms with E-state index in [-0.39, 0.29) is 35.0 Å². The Hall–Kier alpha value is -3.87. The zero-order chi connectivity index (χ0) is 24.6. The first-order valence-electron chi connectivity index (χ1n) is 12.0. The van der Waals surface area contributed by atoms with Crippen molar-refractivity contribution in [2.75, 3.05) is 49.5 Å². The molecule has 2 atom stereocenters.